The minimum atomic E-state index is -0.163. The number of methoxy groups -OCH3 is 1. The van der Waals surface area contributed by atoms with E-state index in [2.05, 4.69) is 27.2 Å². The predicted molar refractivity (Wildman–Crippen MR) is 122 cm³/mol. The van der Waals surface area contributed by atoms with Crippen LogP contribution in [0.2, 0.25) is 0 Å². The molecular weight excluding hydrogens is 414 g/mol. The Bertz CT molecular complexity index is 1080. The van der Waals surface area contributed by atoms with Gasteiger partial charge >= 0.3 is 0 Å². The third-order valence-electron chi connectivity index (χ3n) is 4.45. The number of benzene rings is 2. The van der Waals surface area contributed by atoms with Crippen molar-refractivity contribution in [1.82, 2.24) is 14.8 Å². The maximum Gasteiger partial charge on any atom is 0.234 e. The summed E-state index contributed by atoms with van der Waals surface area (Å²) in [6.45, 7) is 6.02. The number of carbonyl (C=O) groups excluding carboxylic acids is 1. The lowest BCUT2D eigenvalue weighted by Crippen LogP contribution is -2.14. The molecule has 0 bridgehead atoms. The second kappa shape index (κ2) is 10.4. The van der Waals surface area contributed by atoms with Crippen LogP contribution in [0.15, 0.2) is 71.5 Å². The fraction of sp³-hybridized carbons (Fsp3) is 0.182. The normalized spacial score (nSPS) is 11.2. The number of ether oxygens (including phenoxy) is 1. The summed E-state index contributed by atoms with van der Waals surface area (Å²) in [5.41, 5.74) is 2.83. The molecule has 0 atom stereocenters. The van der Waals surface area contributed by atoms with E-state index in [1.54, 1.807) is 44.4 Å². The Morgan fingerprint density at radius 1 is 1.23 bits per heavy atom. The standard InChI is InChI=1S/C22H23N5O3S/c1-4-13-27-21(17-7-11-19(30-3)12-8-17)24-25-22(27)31-14-20(28)23-18-9-5-16(6-10-18)15(2)26-29/h4-12,29H,1,13-14H2,2-3H3,(H,23,28)/b26-15+. The SMILES string of the molecule is C=CCn1c(SCC(=O)Nc2ccc(/C(C)=N/O)cc2)nnc1-c1ccc(OC)cc1. The number of oxime groups is 1. The van der Waals surface area contributed by atoms with Crippen molar-refractivity contribution in [2.45, 2.75) is 18.6 Å². The number of rotatable bonds is 9. The van der Waals surface area contributed by atoms with Gasteiger partial charge in [0.25, 0.3) is 0 Å². The number of nitrogens with zero attached hydrogens (tertiary/aromatic N) is 4. The first-order valence-corrected chi connectivity index (χ1v) is 10.4. The van der Waals surface area contributed by atoms with Crippen molar-refractivity contribution < 1.29 is 14.7 Å². The topological polar surface area (TPSA) is 102 Å². The van der Waals surface area contributed by atoms with Crippen LogP contribution in [0.4, 0.5) is 5.69 Å². The number of hydrogen-bond donors (Lipinski definition) is 2. The number of anilines is 1. The third kappa shape index (κ3) is 5.52. The van der Waals surface area contributed by atoms with Gasteiger partial charge in [-0.25, -0.2) is 0 Å². The molecule has 0 saturated heterocycles. The highest BCUT2D eigenvalue weighted by Crippen LogP contribution is 2.26. The van der Waals surface area contributed by atoms with E-state index in [0.29, 0.717) is 28.9 Å². The first kappa shape index (κ1) is 22.1. The minimum Gasteiger partial charge on any atom is -0.497 e. The van der Waals surface area contributed by atoms with E-state index in [1.165, 1.54) is 11.8 Å². The summed E-state index contributed by atoms with van der Waals surface area (Å²) in [6, 6.07) is 14.6. The summed E-state index contributed by atoms with van der Waals surface area (Å²) in [4.78, 5) is 12.4. The maximum absolute atomic E-state index is 12.4. The van der Waals surface area contributed by atoms with Crippen molar-refractivity contribution in [2.24, 2.45) is 5.16 Å². The molecule has 3 aromatic rings. The van der Waals surface area contributed by atoms with E-state index in [0.717, 1.165) is 16.9 Å². The van der Waals surface area contributed by atoms with Gasteiger partial charge in [-0.1, -0.05) is 35.1 Å². The van der Waals surface area contributed by atoms with Crippen LogP contribution in [0.3, 0.4) is 0 Å². The molecule has 0 aliphatic rings. The lowest BCUT2D eigenvalue weighted by molar-refractivity contribution is -0.113. The number of carbonyl (C=O) groups is 1. The van der Waals surface area contributed by atoms with Crippen LogP contribution in [0.1, 0.15) is 12.5 Å². The van der Waals surface area contributed by atoms with E-state index in [9.17, 15) is 4.79 Å². The summed E-state index contributed by atoms with van der Waals surface area (Å²) in [5.74, 6) is 1.47. The van der Waals surface area contributed by atoms with Gasteiger partial charge in [0, 0.05) is 17.8 Å². The van der Waals surface area contributed by atoms with Gasteiger partial charge in [0.1, 0.15) is 5.75 Å². The maximum atomic E-state index is 12.4. The molecule has 0 aliphatic heterocycles. The molecule has 0 saturated carbocycles. The molecule has 9 heteroatoms. The Balaban J connectivity index is 1.67. The lowest BCUT2D eigenvalue weighted by atomic mass is 10.1. The first-order valence-electron chi connectivity index (χ1n) is 9.46. The zero-order valence-electron chi connectivity index (χ0n) is 17.3. The van der Waals surface area contributed by atoms with Gasteiger partial charge in [-0.3, -0.25) is 9.36 Å². The molecule has 0 radical (unpaired) electrons. The lowest BCUT2D eigenvalue weighted by Gasteiger charge is -2.09. The van der Waals surface area contributed by atoms with Crippen molar-refractivity contribution >= 4 is 29.1 Å². The molecule has 1 heterocycles. The van der Waals surface area contributed by atoms with Crippen LogP contribution in [0, 0.1) is 0 Å². The number of amides is 1. The number of hydrogen-bond acceptors (Lipinski definition) is 7. The summed E-state index contributed by atoms with van der Waals surface area (Å²) < 4.78 is 7.12. The fourth-order valence-corrected chi connectivity index (χ4v) is 3.57. The molecule has 0 aliphatic carbocycles. The number of aromatic nitrogens is 3. The number of nitrogens with one attached hydrogen (secondary N) is 1. The van der Waals surface area contributed by atoms with Crippen molar-refractivity contribution in [2.75, 3.05) is 18.2 Å². The Labute approximate surface area is 184 Å². The van der Waals surface area contributed by atoms with E-state index >= 15 is 0 Å². The van der Waals surface area contributed by atoms with Crippen LogP contribution in [0.5, 0.6) is 5.75 Å². The smallest absolute Gasteiger partial charge is 0.234 e. The molecule has 0 fully saturated rings. The summed E-state index contributed by atoms with van der Waals surface area (Å²) in [6.07, 6.45) is 1.76. The summed E-state index contributed by atoms with van der Waals surface area (Å²) >= 11 is 1.30. The number of thioether (sulfide) groups is 1. The fourth-order valence-electron chi connectivity index (χ4n) is 2.82. The molecule has 1 aromatic heterocycles. The highest BCUT2D eigenvalue weighted by Gasteiger charge is 2.15. The monoisotopic (exact) mass is 437 g/mol. The second-order valence-corrected chi connectivity index (χ2v) is 7.48. The van der Waals surface area contributed by atoms with Gasteiger partial charge in [-0.15, -0.1) is 16.8 Å². The average molecular weight is 438 g/mol. The van der Waals surface area contributed by atoms with Gasteiger partial charge in [-0.05, 0) is 48.9 Å². The highest BCUT2D eigenvalue weighted by atomic mass is 32.2. The van der Waals surface area contributed by atoms with Crippen LogP contribution in [0.25, 0.3) is 11.4 Å². The zero-order valence-corrected chi connectivity index (χ0v) is 18.1. The molecule has 160 valence electrons. The van der Waals surface area contributed by atoms with Gasteiger partial charge in [0.2, 0.25) is 5.91 Å². The Kier molecular flexibility index (Phi) is 7.45. The van der Waals surface area contributed by atoms with Crippen molar-refractivity contribution in [3.8, 4) is 17.1 Å². The highest BCUT2D eigenvalue weighted by molar-refractivity contribution is 7.99. The number of allylic oxidation sites excluding steroid dienone is 1. The molecule has 2 aromatic carbocycles. The van der Waals surface area contributed by atoms with Crippen LogP contribution < -0.4 is 10.1 Å². The Morgan fingerprint density at radius 3 is 2.55 bits per heavy atom. The van der Waals surface area contributed by atoms with Crippen LogP contribution in [-0.2, 0) is 11.3 Å². The largest absolute Gasteiger partial charge is 0.497 e. The average Bonchev–Trinajstić information content (AvgIpc) is 3.20. The third-order valence-corrected chi connectivity index (χ3v) is 5.41. The molecule has 0 spiro atoms. The molecule has 31 heavy (non-hydrogen) atoms. The molecule has 3 rings (SSSR count). The Morgan fingerprint density at radius 2 is 1.94 bits per heavy atom. The predicted octanol–water partition coefficient (Wildman–Crippen LogP) is 4.07. The minimum absolute atomic E-state index is 0.163. The van der Waals surface area contributed by atoms with Crippen molar-refractivity contribution in [3.63, 3.8) is 0 Å². The van der Waals surface area contributed by atoms with Crippen molar-refractivity contribution in [1.29, 1.82) is 0 Å². The zero-order chi connectivity index (χ0) is 22.2. The molecule has 0 unspecified atom stereocenters. The van der Waals surface area contributed by atoms with Gasteiger partial charge in [-0.2, -0.15) is 0 Å². The summed E-state index contributed by atoms with van der Waals surface area (Å²) in [5, 5.41) is 24.0. The van der Waals surface area contributed by atoms with Crippen LogP contribution in [-0.4, -0.2) is 44.5 Å². The Hall–Kier alpha value is -3.59. The van der Waals surface area contributed by atoms with E-state index in [-0.39, 0.29) is 11.7 Å². The van der Waals surface area contributed by atoms with Crippen LogP contribution >= 0.6 is 11.8 Å². The second-order valence-electron chi connectivity index (χ2n) is 6.53. The van der Waals surface area contributed by atoms with E-state index < -0.39 is 0 Å². The van der Waals surface area contributed by atoms with Gasteiger partial charge in [0.05, 0.1) is 18.6 Å². The van der Waals surface area contributed by atoms with Gasteiger partial charge in [0.15, 0.2) is 11.0 Å². The quantitative estimate of drug-likeness (QED) is 0.172. The summed E-state index contributed by atoms with van der Waals surface area (Å²) in [7, 11) is 1.62. The molecule has 8 nitrogen and oxygen atoms in total. The first-order chi connectivity index (χ1) is 15.0. The molecule has 1 amide bonds. The van der Waals surface area contributed by atoms with Gasteiger partial charge < -0.3 is 15.3 Å². The van der Waals surface area contributed by atoms with Crippen molar-refractivity contribution in [3.05, 3.63) is 66.7 Å². The molecular formula is C22H23N5O3S. The van der Waals surface area contributed by atoms with E-state index in [1.807, 2.05) is 28.8 Å². The molecule has 2 N–H and O–H groups in total. The van der Waals surface area contributed by atoms with E-state index in [4.69, 9.17) is 9.94 Å².